The second kappa shape index (κ2) is 7.44. The molecule has 0 radical (unpaired) electrons. The van der Waals surface area contributed by atoms with E-state index in [1.807, 2.05) is 30.3 Å². The number of carbonyl (C=O) groups excluding carboxylic acids is 1. The molecule has 1 aromatic carbocycles. The van der Waals surface area contributed by atoms with E-state index in [-0.39, 0.29) is 11.9 Å². The van der Waals surface area contributed by atoms with Gasteiger partial charge in [0.05, 0.1) is 5.69 Å². The molecular weight excluding hydrogens is 340 g/mol. The zero-order valence-electron chi connectivity index (χ0n) is 15.7. The van der Waals surface area contributed by atoms with E-state index in [0.29, 0.717) is 17.5 Å². The van der Waals surface area contributed by atoms with Crippen molar-refractivity contribution in [2.75, 3.05) is 13.1 Å². The Morgan fingerprint density at radius 2 is 1.93 bits per heavy atom. The number of hydrogen-bond donors (Lipinski definition) is 1. The molecule has 7 nitrogen and oxygen atoms in total. The monoisotopic (exact) mass is 364 g/mol. The van der Waals surface area contributed by atoms with E-state index >= 15 is 0 Å². The molecule has 2 aromatic heterocycles. The molecule has 0 unspecified atom stereocenters. The minimum Gasteiger partial charge on any atom is -0.348 e. The van der Waals surface area contributed by atoms with Gasteiger partial charge < -0.3 is 10.2 Å². The fourth-order valence-corrected chi connectivity index (χ4v) is 3.55. The molecule has 3 heterocycles. The molecule has 7 heteroatoms. The van der Waals surface area contributed by atoms with E-state index in [1.165, 1.54) is 10.8 Å². The first-order valence-electron chi connectivity index (χ1n) is 9.43. The van der Waals surface area contributed by atoms with Crippen LogP contribution in [0.25, 0.3) is 17.0 Å². The maximum absolute atomic E-state index is 13.0. The average molecular weight is 364 g/mol. The predicted octanol–water partition coefficient (Wildman–Crippen LogP) is 2.39. The third-order valence-corrected chi connectivity index (χ3v) is 5.15. The lowest BCUT2D eigenvalue weighted by molar-refractivity contribution is 0.0893. The lowest BCUT2D eigenvalue weighted by Gasteiger charge is -2.34. The minimum absolute atomic E-state index is 0.131. The Bertz CT molecular complexity index is 928. The van der Waals surface area contributed by atoms with Crippen molar-refractivity contribution in [2.24, 2.45) is 0 Å². The number of hydrogen-bond acceptors (Lipinski definition) is 5. The van der Waals surface area contributed by atoms with E-state index in [9.17, 15) is 4.79 Å². The summed E-state index contributed by atoms with van der Waals surface area (Å²) < 4.78 is 1.50. The Morgan fingerprint density at radius 1 is 1.19 bits per heavy atom. The highest BCUT2D eigenvalue weighted by Crippen LogP contribution is 2.19. The Morgan fingerprint density at radius 3 is 2.63 bits per heavy atom. The molecule has 0 atom stereocenters. The number of rotatable bonds is 4. The molecular formula is C20H24N6O. The maximum Gasteiger partial charge on any atom is 0.270 e. The first-order valence-corrected chi connectivity index (χ1v) is 9.43. The summed E-state index contributed by atoms with van der Waals surface area (Å²) in [5.74, 6) is 0.296. The first-order chi connectivity index (χ1) is 13.1. The lowest BCUT2D eigenvalue weighted by atomic mass is 10.0. The number of nitrogens with zero attached hydrogens (tertiary/aromatic N) is 5. The predicted molar refractivity (Wildman–Crippen MR) is 103 cm³/mol. The molecule has 140 valence electrons. The molecule has 1 amide bonds. The minimum atomic E-state index is -0.131. The van der Waals surface area contributed by atoms with Gasteiger partial charge in [-0.2, -0.15) is 14.6 Å². The standard InChI is InChI=1S/C20H24N6O/c1-14(2)25-10-8-16(9-11-25)23-19(27)18-12-17(15-6-4-3-5-7-15)24-20-21-13-22-26(18)20/h3-7,12-14,16H,8-11H2,1-2H3,(H,23,27). The van der Waals surface area contributed by atoms with Crippen LogP contribution in [0.2, 0.25) is 0 Å². The van der Waals surface area contributed by atoms with Crippen LogP contribution in [-0.4, -0.2) is 55.6 Å². The van der Waals surface area contributed by atoms with Crippen LogP contribution in [0.5, 0.6) is 0 Å². The Hall–Kier alpha value is -2.80. The summed E-state index contributed by atoms with van der Waals surface area (Å²) in [6, 6.07) is 12.3. The number of aromatic nitrogens is 4. The summed E-state index contributed by atoms with van der Waals surface area (Å²) in [4.78, 5) is 24.1. The third-order valence-electron chi connectivity index (χ3n) is 5.15. The molecule has 0 saturated carbocycles. The van der Waals surface area contributed by atoms with Crippen LogP contribution in [0.15, 0.2) is 42.7 Å². The average Bonchev–Trinajstić information content (AvgIpc) is 3.17. The topological polar surface area (TPSA) is 75.4 Å². The van der Waals surface area contributed by atoms with Gasteiger partial charge in [-0.05, 0) is 32.8 Å². The highest BCUT2D eigenvalue weighted by Gasteiger charge is 2.24. The number of nitrogens with one attached hydrogen (secondary N) is 1. The van der Waals surface area contributed by atoms with E-state index in [0.717, 1.165) is 37.2 Å². The molecule has 1 aliphatic rings. The molecule has 1 fully saturated rings. The van der Waals surface area contributed by atoms with Gasteiger partial charge in [-0.3, -0.25) is 4.79 Å². The zero-order chi connectivity index (χ0) is 18.8. The van der Waals surface area contributed by atoms with Crippen LogP contribution in [0, 0.1) is 0 Å². The van der Waals surface area contributed by atoms with Crippen LogP contribution in [0.3, 0.4) is 0 Å². The highest BCUT2D eigenvalue weighted by atomic mass is 16.2. The normalized spacial score (nSPS) is 16.1. The third kappa shape index (κ3) is 3.68. The zero-order valence-corrected chi connectivity index (χ0v) is 15.7. The maximum atomic E-state index is 13.0. The summed E-state index contributed by atoms with van der Waals surface area (Å²) in [5.41, 5.74) is 2.13. The van der Waals surface area contributed by atoms with Gasteiger partial charge in [0.2, 0.25) is 0 Å². The van der Waals surface area contributed by atoms with E-state index in [2.05, 4.69) is 39.1 Å². The quantitative estimate of drug-likeness (QED) is 0.769. The largest absolute Gasteiger partial charge is 0.348 e. The van der Waals surface area contributed by atoms with Crippen molar-refractivity contribution in [2.45, 2.75) is 38.8 Å². The van der Waals surface area contributed by atoms with Crippen LogP contribution < -0.4 is 5.32 Å². The lowest BCUT2D eigenvalue weighted by Crippen LogP contribution is -2.46. The van der Waals surface area contributed by atoms with Crippen molar-refractivity contribution in [1.29, 1.82) is 0 Å². The van der Waals surface area contributed by atoms with Crippen molar-refractivity contribution >= 4 is 11.7 Å². The molecule has 1 aliphatic heterocycles. The second-order valence-electron chi connectivity index (χ2n) is 7.24. The van der Waals surface area contributed by atoms with Gasteiger partial charge in [0, 0.05) is 30.7 Å². The second-order valence-corrected chi connectivity index (χ2v) is 7.24. The molecule has 1 N–H and O–H groups in total. The summed E-state index contributed by atoms with van der Waals surface area (Å²) >= 11 is 0. The van der Waals surface area contributed by atoms with Crippen LogP contribution in [-0.2, 0) is 0 Å². The van der Waals surface area contributed by atoms with Gasteiger partial charge in [0.15, 0.2) is 0 Å². The van der Waals surface area contributed by atoms with Crippen molar-refractivity contribution in [3.8, 4) is 11.3 Å². The molecule has 3 aromatic rings. The Kier molecular flexibility index (Phi) is 4.85. The number of amides is 1. The fraction of sp³-hybridized carbons (Fsp3) is 0.400. The first kappa shape index (κ1) is 17.6. The van der Waals surface area contributed by atoms with Crippen molar-refractivity contribution in [1.82, 2.24) is 29.8 Å². The highest BCUT2D eigenvalue weighted by molar-refractivity contribution is 5.94. The summed E-state index contributed by atoms with van der Waals surface area (Å²) in [6.45, 7) is 6.44. The summed E-state index contributed by atoms with van der Waals surface area (Å²) in [6.07, 6.45) is 3.34. The molecule has 27 heavy (non-hydrogen) atoms. The SMILES string of the molecule is CC(C)N1CCC(NC(=O)c2cc(-c3ccccc3)nc3ncnn23)CC1. The Labute approximate surface area is 158 Å². The van der Waals surface area contributed by atoms with E-state index < -0.39 is 0 Å². The van der Waals surface area contributed by atoms with Gasteiger partial charge in [-0.15, -0.1) is 0 Å². The van der Waals surface area contributed by atoms with Crippen molar-refractivity contribution < 1.29 is 4.79 Å². The van der Waals surface area contributed by atoms with Gasteiger partial charge in [-0.1, -0.05) is 30.3 Å². The summed E-state index contributed by atoms with van der Waals surface area (Å²) in [7, 11) is 0. The van der Waals surface area contributed by atoms with Crippen molar-refractivity contribution in [3.05, 3.63) is 48.4 Å². The molecule has 0 aliphatic carbocycles. The summed E-state index contributed by atoms with van der Waals surface area (Å²) in [5, 5.41) is 7.35. The number of piperidine rings is 1. The number of likely N-dealkylation sites (tertiary alicyclic amines) is 1. The number of carbonyl (C=O) groups is 1. The number of benzene rings is 1. The smallest absolute Gasteiger partial charge is 0.270 e. The van der Waals surface area contributed by atoms with E-state index in [1.54, 1.807) is 6.07 Å². The van der Waals surface area contributed by atoms with Gasteiger partial charge in [0.25, 0.3) is 11.7 Å². The molecule has 1 saturated heterocycles. The van der Waals surface area contributed by atoms with Crippen LogP contribution in [0.1, 0.15) is 37.2 Å². The van der Waals surface area contributed by atoms with E-state index in [4.69, 9.17) is 0 Å². The molecule has 4 rings (SSSR count). The van der Waals surface area contributed by atoms with Crippen LogP contribution in [0.4, 0.5) is 0 Å². The van der Waals surface area contributed by atoms with Crippen LogP contribution >= 0.6 is 0 Å². The van der Waals surface area contributed by atoms with Gasteiger partial charge in [0.1, 0.15) is 12.0 Å². The fourth-order valence-electron chi connectivity index (χ4n) is 3.55. The van der Waals surface area contributed by atoms with Crippen molar-refractivity contribution in [3.63, 3.8) is 0 Å². The Balaban J connectivity index is 1.57. The number of fused-ring (bicyclic) bond motifs is 1. The molecule has 0 spiro atoms. The van der Waals surface area contributed by atoms with Gasteiger partial charge >= 0.3 is 0 Å². The molecule has 0 bridgehead atoms. The van der Waals surface area contributed by atoms with Gasteiger partial charge in [-0.25, -0.2) is 4.98 Å².